The quantitative estimate of drug-likeness (QED) is 0.486. The maximum atomic E-state index is 12.5. The van der Waals surface area contributed by atoms with Gasteiger partial charge in [0.05, 0.1) is 29.2 Å². The van der Waals surface area contributed by atoms with Crippen LogP contribution in [0.15, 0.2) is 53.8 Å². The molecule has 0 atom stereocenters. The van der Waals surface area contributed by atoms with Crippen LogP contribution in [0.4, 0.5) is 11.5 Å². The predicted molar refractivity (Wildman–Crippen MR) is 117 cm³/mol. The number of H-pyrrole nitrogens is 1. The van der Waals surface area contributed by atoms with E-state index in [1.165, 1.54) is 0 Å². The van der Waals surface area contributed by atoms with Gasteiger partial charge in [0.15, 0.2) is 0 Å². The number of aryl methyl sites for hydroxylation is 1. The molecule has 3 N–H and O–H groups in total. The molecule has 1 fully saturated rings. The number of rotatable bonds is 4. The average molecular weight is 401 g/mol. The van der Waals surface area contributed by atoms with Gasteiger partial charge in [0.25, 0.3) is 5.56 Å². The normalized spacial score (nSPS) is 14.8. The molecule has 0 aliphatic carbocycles. The molecule has 5 heterocycles. The van der Waals surface area contributed by atoms with Gasteiger partial charge in [0.2, 0.25) is 0 Å². The van der Waals surface area contributed by atoms with Gasteiger partial charge >= 0.3 is 0 Å². The second kappa shape index (κ2) is 7.72. The lowest BCUT2D eigenvalue weighted by Gasteiger charge is -2.22. The molecule has 0 aromatic carbocycles. The number of piperidine rings is 1. The van der Waals surface area contributed by atoms with E-state index in [4.69, 9.17) is 4.98 Å². The summed E-state index contributed by atoms with van der Waals surface area (Å²) in [4.78, 5) is 24.7. The first-order valence-electron chi connectivity index (χ1n) is 10.1. The number of hydrogen-bond donors (Lipinski definition) is 3. The van der Waals surface area contributed by atoms with E-state index in [1.807, 2.05) is 37.6 Å². The highest BCUT2D eigenvalue weighted by atomic mass is 16.1. The van der Waals surface area contributed by atoms with Gasteiger partial charge in [-0.2, -0.15) is 5.10 Å². The highest BCUT2D eigenvalue weighted by Gasteiger charge is 2.17. The largest absolute Gasteiger partial charge is 0.338 e. The molecule has 0 amide bonds. The van der Waals surface area contributed by atoms with E-state index in [9.17, 15) is 4.79 Å². The Balaban J connectivity index is 1.52. The Bertz CT molecular complexity index is 1240. The molecule has 152 valence electrons. The van der Waals surface area contributed by atoms with Gasteiger partial charge in [0.1, 0.15) is 5.82 Å². The Morgan fingerprint density at radius 3 is 2.77 bits per heavy atom. The number of aromatic nitrogens is 5. The van der Waals surface area contributed by atoms with Gasteiger partial charge < -0.3 is 15.6 Å². The Morgan fingerprint density at radius 2 is 2.03 bits per heavy atom. The minimum absolute atomic E-state index is 0.181. The summed E-state index contributed by atoms with van der Waals surface area (Å²) in [6, 6.07) is 7.86. The molecule has 1 aliphatic heterocycles. The summed E-state index contributed by atoms with van der Waals surface area (Å²) in [7, 11) is 1.87. The van der Waals surface area contributed by atoms with Crippen molar-refractivity contribution in [1.82, 2.24) is 30.0 Å². The Kier molecular flexibility index (Phi) is 4.76. The van der Waals surface area contributed by atoms with Gasteiger partial charge in [-0.25, -0.2) is 4.98 Å². The SMILES string of the molecule is Cn1cc(-c2cc3cc[nH]c(=O)c3c(Nc3ccc(C4CCNCC4)nc3)n2)cn1. The van der Waals surface area contributed by atoms with E-state index in [2.05, 4.69) is 31.8 Å². The third-order valence-corrected chi connectivity index (χ3v) is 5.56. The van der Waals surface area contributed by atoms with E-state index in [0.717, 1.165) is 54.0 Å². The van der Waals surface area contributed by atoms with Crippen molar-refractivity contribution in [2.45, 2.75) is 18.8 Å². The molecule has 1 aliphatic rings. The number of fused-ring (bicyclic) bond motifs is 1. The molecule has 5 rings (SSSR count). The molecule has 0 saturated carbocycles. The Morgan fingerprint density at radius 1 is 1.17 bits per heavy atom. The van der Waals surface area contributed by atoms with E-state index in [-0.39, 0.29) is 5.56 Å². The molecule has 0 bridgehead atoms. The van der Waals surface area contributed by atoms with Crippen LogP contribution in [-0.4, -0.2) is 37.8 Å². The van der Waals surface area contributed by atoms with Crippen molar-refractivity contribution in [2.24, 2.45) is 7.05 Å². The highest BCUT2D eigenvalue weighted by Crippen LogP contribution is 2.28. The lowest BCUT2D eigenvalue weighted by molar-refractivity contribution is 0.453. The van der Waals surface area contributed by atoms with Crippen molar-refractivity contribution in [3.05, 3.63) is 65.1 Å². The van der Waals surface area contributed by atoms with Crippen LogP contribution in [-0.2, 0) is 7.05 Å². The van der Waals surface area contributed by atoms with Crippen LogP contribution in [0.5, 0.6) is 0 Å². The van der Waals surface area contributed by atoms with Crippen LogP contribution >= 0.6 is 0 Å². The van der Waals surface area contributed by atoms with Crippen molar-refractivity contribution in [3.63, 3.8) is 0 Å². The zero-order valence-corrected chi connectivity index (χ0v) is 16.7. The van der Waals surface area contributed by atoms with Crippen LogP contribution in [0.2, 0.25) is 0 Å². The lowest BCUT2D eigenvalue weighted by atomic mass is 9.94. The fourth-order valence-corrected chi connectivity index (χ4v) is 3.98. The molecule has 8 heteroatoms. The van der Waals surface area contributed by atoms with Crippen LogP contribution in [0, 0.1) is 0 Å². The van der Waals surface area contributed by atoms with Crippen LogP contribution in [0.1, 0.15) is 24.5 Å². The maximum absolute atomic E-state index is 12.5. The third-order valence-electron chi connectivity index (χ3n) is 5.56. The summed E-state index contributed by atoms with van der Waals surface area (Å²) in [6.07, 6.45) is 9.35. The monoisotopic (exact) mass is 401 g/mol. The topological polar surface area (TPSA) is 101 Å². The number of aromatic amines is 1. The maximum Gasteiger partial charge on any atom is 0.259 e. The number of anilines is 2. The zero-order valence-electron chi connectivity index (χ0n) is 16.7. The second-order valence-corrected chi connectivity index (χ2v) is 7.65. The first kappa shape index (κ1) is 18.5. The number of nitrogens with zero attached hydrogens (tertiary/aromatic N) is 4. The van der Waals surface area contributed by atoms with Gasteiger partial charge in [-0.15, -0.1) is 0 Å². The molecule has 0 radical (unpaired) electrons. The predicted octanol–water partition coefficient (Wildman–Crippen LogP) is 2.93. The van der Waals surface area contributed by atoms with E-state index in [1.54, 1.807) is 17.1 Å². The number of hydrogen-bond acceptors (Lipinski definition) is 6. The molecule has 30 heavy (non-hydrogen) atoms. The average Bonchev–Trinajstić information content (AvgIpc) is 3.21. The van der Waals surface area contributed by atoms with E-state index in [0.29, 0.717) is 17.1 Å². The van der Waals surface area contributed by atoms with Gasteiger partial charge in [-0.1, -0.05) is 0 Å². The molecule has 8 nitrogen and oxygen atoms in total. The zero-order chi connectivity index (χ0) is 20.5. The minimum atomic E-state index is -0.181. The summed E-state index contributed by atoms with van der Waals surface area (Å²) >= 11 is 0. The van der Waals surface area contributed by atoms with Crippen molar-refractivity contribution in [2.75, 3.05) is 18.4 Å². The molecule has 0 unspecified atom stereocenters. The summed E-state index contributed by atoms with van der Waals surface area (Å²) < 4.78 is 1.73. The van der Waals surface area contributed by atoms with Crippen LogP contribution in [0.25, 0.3) is 22.0 Å². The van der Waals surface area contributed by atoms with Crippen molar-refractivity contribution in [1.29, 1.82) is 0 Å². The molecule has 0 spiro atoms. The van der Waals surface area contributed by atoms with Gasteiger partial charge in [-0.3, -0.25) is 14.5 Å². The van der Waals surface area contributed by atoms with Crippen LogP contribution < -0.4 is 16.2 Å². The van der Waals surface area contributed by atoms with Crippen molar-refractivity contribution in [3.8, 4) is 11.3 Å². The van der Waals surface area contributed by atoms with Crippen molar-refractivity contribution >= 4 is 22.3 Å². The Hall–Kier alpha value is -3.52. The first-order valence-corrected chi connectivity index (χ1v) is 10.1. The molecular formula is C22H23N7O. The van der Waals surface area contributed by atoms with Crippen molar-refractivity contribution < 1.29 is 0 Å². The minimum Gasteiger partial charge on any atom is -0.338 e. The van der Waals surface area contributed by atoms with E-state index < -0.39 is 0 Å². The lowest BCUT2D eigenvalue weighted by Crippen LogP contribution is -2.27. The number of nitrogens with one attached hydrogen (secondary N) is 3. The molecule has 1 saturated heterocycles. The smallest absolute Gasteiger partial charge is 0.259 e. The molecule has 4 aromatic heterocycles. The third kappa shape index (κ3) is 3.57. The fourth-order valence-electron chi connectivity index (χ4n) is 3.98. The summed E-state index contributed by atoms with van der Waals surface area (Å²) in [5.41, 5.74) is 3.37. The van der Waals surface area contributed by atoms with Crippen LogP contribution in [0.3, 0.4) is 0 Å². The second-order valence-electron chi connectivity index (χ2n) is 7.65. The summed E-state index contributed by atoms with van der Waals surface area (Å²) in [6.45, 7) is 2.07. The first-order chi connectivity index (χ1) is 14.7. The van der Waals surface area contributed by atoms with Gasteiger partial charge in [0, 0.05) is 36.6 Å². The summed E-state index contributed by atoms with van der Waals surface area (Å²) in [5, 5.41) is 12.3. The Labute approximate surface area is 173 Å². The fraction of sp³-hybridized carbons (Fsp3) is 0.273. The van der Waals surface area contributed by atoms with Gasteiger partial charge in [-0.05, 0) is 55.6 Å². The van der Waals surface area contributed by atoms with E-state index >= 15 is 0 Å². The standard InChI is InChI=1S/C22H23N7O/c1-29-13-16(11-26-29)19-10-15-6-9-24-22(30)20(15)21(28-19)27-17-2-3-18(25-12-17)14-4-7-23-8-5-14/h2-3,6,9-14,23H,4-5,7-8H2,1H3,(H,24,30)(H,27,28). The summed E-state index contributed by atoms with van der Waals surface area (Å²) in [5.74, 6) is 1.00. The molecule has 4 aromatic rings. The number of pyridine rings is 3. The highest BCUT2D eigenvalue weighted by molar-refractivity contribution is 5.95. The molecular weight excluding hydrogens is 378 g/mol.